The van der Waals surface area contributed by atoms with Crippen LogP contribution in [0.4, 0.5) is 5.69 Å². The number of hydrogen-bond donors (Lipinski definition) is 1. The Balaban J connectivity index is 1.79. The van der Waals surface area contributed by atoms with Crippen molar-refractivity contribution in [3.05, 3.63) is 82.1 Å². The van der Waals surface area contributed by atoms with Crippen LogP contribution in [0.3, 0.4) is 0 Å². The van der Waals surface area contributed by atoms with E-state index < -0.39 is 4.92 Å². The Hall–Kier alpha value is -3.42. The van der Waals surface area contributed by atoms with Gasteiger partial charge in [0.15, 0.2) is 0 Å². The van der Waals surface area contributed by atoms with E-state index in [2.05, 4.69) is 10.4 Å². The van der Waals surface area contributed by atoms with E-state index in [9.17, 15) is 14.9 Å². The van der Waals surface area contributed by atoms with Gasteiger partial charge in [-0.15, -0.1) is 0 Å². The number of nitro benzene ring substituents is 1. The lowest BCUT2D eigenvalue weighted by atomic mass is 10.1. The van der Waals surface area contributed by atoms with Crippen molar-refractivity contribution in [3.63, 3.8) is 0 Å². The lowest BCUT2D eigenvalue weighted by molar-refractivity contribution is -0.385. The molecular weight excluding hydrogens is 324 g/mol. The van der Waals surface area contributed by atoms with Gasteiger partial charge in [0.2, 0.25) is 0 Å². The minimum atomic E-state index is -0.499. The minimum Gasteiger partial charge on any atom is -0.467 e. The molecule has 0 fully saturated rings. The molecule has 1 N–H and O–H groups in total. The van der Waals surface area contributed by atoms with Gasteiger partial charge in [0.05, 0.1) is 11.2 Å². The van der Waals surface area contributed by atoms with Crippen molar-refractivity contribution in [1.82, 2.24) is 15.1 Å². The Labute approximate surface area is 143 Å². The van der Waals surface area contributed by atoms with E-state index in [4.69, 9.17) is 4.42 Å². The number of benzene rings is 1. The van der Waals surface area contributed by atoms with Gasteiger partial charge >= 0.3 is 0 Å². The molecule has 1 atom stereocenters. The standard InChI is InChI=1S/C17H16N4O4/c1-12-13(5-2-6-14(12)21(23)24)17(22)18-11-15(16-7-3-10-25-16)20-9-4-8-19-20/h2-10,15H,11H2,1H3,(H,18,22). The van der Waals surface area contributed by atoms with E-state index >= 15 is 0 Å². The number of carbonyl (C=O) groups is 1. The number of amides is 1. The summed E-state index contributed by atoms with van der Waals surface area (Å²) in [5.41, 5.74) is 0.522. The maximum atomic E-state index is 12.5. The van der Waals surface area contributed by atoms with E-state index in [0.29, 0.717) is 11.3 Å². The second kappa shape index (κ2) is 7.00. The summed E-state index contributed by atoms with van der Waals surface area (Å²) < 4.78 is 7.11. The number of nitro groups is 1. The summed E-state index contributed by atoms with van der Waals surface area (Å²) in [5.74, 6) is 0.268. The molecule has 0 spiro atoms. The van der Waals surface area contributed by atoms with Crippen molar-refractivity contribution in [1.29, 1.82) is 0 Å². The molecule has 1 amide bonds. The van der Waals surface area contributed by atoms with Crippen LogP contribution < -0.4 is 5.32 Å². The molecule has 2 aromatic heterocycles. The Bertz CT molecular complexity index is 838. The average molecular weight is 340 g/mol. The topological polar surface area (TPSA) is 103 Å². The summed E-state index contributed by atoms with van der Waals surface area (Å²) in [6, 6.07) is 9.47. The lowest BCUT2D eigenvalue weighted by Crippen LogP contribution is -2.31. The number of furan rings is 1. The number of rotatable bonds is 6. The van der Waals surface area contributed by atoms with Crippen LogP contribution in [0.15, 0.2) is 59.5 Å². The molecule has 0 saturated carbocycles. The van der Waals surface area contributed by atoms with Crippen LogP contribution in [-0.4, -0.2) is 27.2 Å². The summed E-state index contributed by atoms with van der Waals surface area (Å²) in [6.07, 6.45) is 4.97. The van der Waals surface area contributed by atoms with Crippen molar-refractivity contribution < 1.29 is 14.1 Å². The molecule has 0 bridgehead atoms. The minimum absolute atomic E-state index is 0.0812. The van der Waals surface area contributed by atoms with E-state index in [-0.39, 0.29) is 29.7 Å². The predicted molar refractivity (Wildman–Crippen MR) is 89.2 cm³/mol. The molecule has 0 saturated heterocycles. The zero-order valence-corrected chi connectivity index (χ0v) is 13.5. The number of hydrogen-bond acceptors (Lipinski definition) is 5. The first kappa shape index (κ1) is 16.4. The van der Waals surface area contributed by atoms with Crippen LogP contribution in [-0.2, 0) is 0 Å². The normalized spacial score (nSPS) is 11.9. The van der Waals surface area contributed by atoms with Gasteiger partial charge in [-0.05, 0) is 31.2 Å². The van der Waals surface area contributed by atoms with E-state index in [0.717, 1.165) is 0 Å². The van der Waals surface area contributed by atoms with Crippen molar-refractivity contribution in [2.45, 2.75) is 13.0 Å². The summed E-state index contributed by atoms with van der Waals surface area (Å²) in [4.78, 5) is 23.0. The molecule has 1 aromatic carbocycles. The van der Waals surface area contributed by atoms with Crippen molar-refractivity contribution >= 4 is 11.6 Å². The Morgan fingerprint density at radius 3 is 2.84 bits per heavy atom. The van der Waals surface area contributed by atoms with E-state index in [1.54, 1.807) is 54.5 Å². The smallest absolute Gasteiger partial charge is 0.273 e. The summed E-state index contributed by atoms with van der Waals surface area (Å²) >= 11 is 0. The number of nitrogens with zero attached hydrogens (tertiary/aromatic N) is 3. The first-order valence-corrected chi connectivity index (χ1v) is 7.62. The molecule has 0 aliphatic heterocycles. The van der Waals surface area contributed by atoms with E-state index in [1.807, 2.05) is 0 Å². The summed E-state index contributed by atoms with van der Waals surface area (Å²) in [5, 5.41) is 18.0. The van der Waals surface area contributed by atoms with Gasteiger partial charge in [0.25, 0.3) is 11.6 Å². The number of nitrogens with one attached hydrogen (secondary N) is 1. The summed E-state index contributed by atoms with van der Waals surface area (Å²) in [6.45, 7) is 1.79. The molecule has 1 unspecified atom stereocenters. The van der Waals surface area contributed by atoms with Crippen LogP contribution in [0, 0.1) is 17.0 Å². The number of carbonyl (C=O) groups excluding carboxylic acids is 1. The van der Waals surface area contributed by atoms with E-state index in [1.165, 1.54) is 12.1 Å². The highest BCUT2D eigenvalue weighted by molar-refractivity contribution is 5.96. The van der Waals surface area contributed by atoms with Crippen molar-refractivity contribution in [2.24, 2.45) is 0 Å². The van der Waals surface area contributed by atoms with Crippen molar-refractivity contribution in [3.8, 4) is 0 Å². The van der Waals surface area contributed by atoms with Crippen LogP contribution in [0.25, 0.3) is 0 Å². The van der Waals surface area contributed by atoms with Gasteiger partial charge in [-0.2, -0.15) is 5.10 Å². The average Bonchev–Trinajstić information content (AvgIpc) is 3.29. The third kappa shape index (κ3) is 3.42. The fourth-order valence-electron chi connectivity index (χ4n) is 2.62. The first-order chi connectivity index (χ1) is 12.1. The van der Waals surface area contributed by atoms with Gasteiger partial charge < -0.3 is 9.73 Å². The highest BCUT2D eigenvalue weighted by Crippen LogP contribution is 2.22. The Kier molecular flexibility index (Phi) is 4.60. The molecule has 8 heteroatoms. The molecule has 0 aliphatic carbocycles. The molecule has 0 radical (unpaired) electrons. The van der Waals surface area contributed by atoms with Gasteiger partial charge in [-0.1, -0.05) is 6.07 Å². The monoisotopic (exact) mass is 340 g/mol. The largest absolute Gasteiger partial charge is 0.467 e. The maximum absolute atomic E-state index is 12.5. The van der Waals surface area contributed by atoms with Crippen LogP contribution >= 0.6 is 0 Å². The zero-order chi connectivity index (χ0) is 17.8. The van der Waals surface area contributed by atoms with Gasteiger partial charge in [0.1, 0.15) is 11.8 Å². The van der Waals surface area contributed by atoms with Crippen LogP contribution in [0.1, 0.15) is 27.7 Å². The maximum Gasteiger partial charge on any atom is 0.273 e. The third-order valence-electron chi connectivity index (χ3n) is 3.92. The molecule has 2 heterocycles. The summed E-state index contributed by atoms with van der Waals surface area (Å²) in [7, 11) is 0. The Morgan fingerprint density at radius 1 is 1.36 bits per heavy atom. The highest BCUT2D eigenvalue weighted by atomic mass is 16.6. The van der Waals surface area contributed by atoms with Crippen LogP contribution in [0.2, 0.25) is 0 Å². The zero-order valence-electron chi connectivity index (χ0n) is 13.5. The highest BCUT2D eigenvalue weighted by Gasteiger charge is 2.21. The second-order valence-electron chi connectivity index (χ2n) is 5.43. The fraction of sp³-hybridized carbons (Fsp3) is 0.176. The molecule has 0 aliphatic rings. The third-order valence-corrected chi connectivity index (χ3v) is 3.92. The molecular formula is C17H16N4O4. The van der Waals surface area contributed by atoms with Crippen LogP contribution in [0.5, 0.6) is 0 Å². The quantitative estimate of drug-likeness (QED) is 0.549. The van der Waals surface area contributed by atoms with Gasteiger partial charge in [-0.25, -0.2) is 0 Å². The molecule has 3 rings (SSSR count). The molecule has 3 aromatic rings. The van der Waals surface area contributed by atoms with Gasteiger partial charge in [-0.3, -0.25) is 19.6 Å². The second-order valence-corrected chi connectivity index (χ2v) is 5.43. The molecule has 25 heavy (non-hydrogen) atoms. The predicted octanol–water partition coefficient (Wildman–Crippen LogP) is 2.71. The van der Waals surface area contributed by atoms with Gasteiger partial charge in [0, 0.05) is 36.1 Å². The SMILES string of the molecule is Cc1c(C(=O)NCC(c2ccco2)n2cccn2)cccc1[N+](=O)[O-]. The Morgan fingerprint density at radius 2 is 2.20 bits per heavy atom. The number of aromatic nitrogens is 2. The first-order valence-electron chi connectivity index (χ1n) is 7.62. The molecule has 8 nitrogen and oxygen atoms in total. The molecule has 128 valence electrons. The fourth-order valence-corrected chi connectivity index (χ4v) is 2.62. The lowest BCUT2D eigenvalue weighted by Gasteiger charge is -2.16. The van der Waals surface area contributed by atoms with Crippen molar-refractivity contribution in [2.75, 3.05) is 6.54 Å².